The molecule has 18 heavy (non-hydrogen) atoms. The second-order valence-electron chi connectivity index (χ2n) is 4.49. The zero-order chi connectivity index (χ0) is 13.3. The summed E-state index contributed by atoms with van der Waals surface area (Å²) in [6, 6.07) is 4.59. The quantitative estimate of drug-likeness (QED) is 0.879. The molecule has 1 aromatic rings. The van der Waals surface area contributed by atoms with Gasteiger partial charge in [0.2, 0.25) is 0 Å². The van der Waals surface area contributed by atoms with Crippen molar-refractivity contribution in [2.45, 2.75) is 18.9 Å². The van der Waals surface area contributed by atoms with Gasteiger partial charge in [-0.2, -0.15) is 0 Å². The highest BCUT2D eigenvalue weighted by Crippen LogP contribution is 2.28. The van der Waals surface area contributed by atoms with Gasteiger partial charge in [-0.15, -0.1) is 0 Å². The number of β-amino-alcohol motifs (C(OH)–C–C–N with tert-alkyl or cyclic N) is 1. The van der Waals surface area contributed by atoms with Crippen molar-refractivity contribution in [2.75, 3.05) is 18.4 Å². The van der Waals surface area contributed by atoms with Gasteiger partial charge in [0, 0.05) is 5.02 Å². The molecule has 1 fully saturated rings. The van der Waals surface area contributed by atoms with E-state index >= 15 is 0 Å². The Morgan fingerprint density at radius 3 is 2.78 bits per heavy atom. The molecule has 6 heteroatoms. The van der Waals surface area contributed by atoms with Crippen molar-refractivity contribution in [3.63, 3.8) is 0 Å². The van der Waals surface area contributed by atoms with E-state index in [0.29, 0.717) is 35.2 Å². The van der Waals surface area contributed by atoms with Crippen LogP contribution in [0.15, 0.2) is 18.2 Å². The number of rotatable bonds is 2. The summed E-state index contributed by atoms with van der Waals surface area (Å²) < 4.78 is 0. The highest BCUT2D eigenvalue weighted by molar-refractivity contribution is 6.35. The zero-order valence-electron chi connectivity index (χ0n) is 9.91. The van der Waals surface area contributed by atoms with Crippen molar-refractivity contribution in [1.29, 1.82) is 0 Å². The van der Waals surface area contributed by atoms with Gasteiger partial charge in [0.05, 0.1) is 29.4 Å². The first-order valence-electron chi connectivity index (χ1n) is 5.67. The summed E-state index contributed by atoms with van der Waals surface area (Å²) in [5.74, 6) is 0. The van der Waals surface area contributed by atoms with Gasteiger partial charge in [-0.3, -0.25) is 0 Å². The molecule has 0 aromatic heterocycles. The molecule has 0 atom stereocenters. The fourth-order valence-electron chi connectivity index (χ4n) is 1.82. The Balaban J connectivity index is 1.99. The summed E-state index contributed by atoms with van der Waals surface area (Å²) in [5.41, 5.74) is -0.267. The van der Waals surface area contributed by atoms with E-state index in [0.717, 1.165) is 0 Å². The average molecular weight is 289 g/mol. The third-order valence-corrected chi connectivity index (χ3v) is 3.65. The van der Waals surface area contributed by atoms with E-state index < -0.39 is 5.60 Å². The number of hydrogen-bond donors (Lipinski definition) is 2. The predicted octanol–water partition coefficient (Wildman–Crippen LogP) is 2.98. The van der Waals surface area contributed by atoms with Crippen molar-refractivity contribution in [1.82, 2.24) is 4.90 Å². The van der Waals surface area contributed by atoms with E-state index in [1.54, 1.807) is 18.2 Å². The van der Waals surface area contributed by atoms with E-state index in [1.807, 2.05) is 6.92 Å². The first-order valence-corrected chi connectivity index (χ1v) is 6.42. The molecule has 1 aliphatic heterocycles. The minimum Gasteiger partial charge on any atom is -0.386 e. The van der Waals surface area contributed by atoms with Crippen LogP contribution in [0.1, 0.15) is 13.3 Å². The van der Waals surface area contributed by atoms with Gasteiger partial charge < -0.3 is 15.3 Å². The molecule has 1 saturated heterocycles. The number of likely N-dealkylation sites (tertiary alicyclic amines) is 1. The lowest BCUT2D eigenvalue weighted by Gasteiger charge is -2.45. The van der Waals surface area contributed by atoms with Crippen molar-refractivity contribution in [2.24, 2.45) is 0 Å². The van der Waals surface area contributed by atoms with E-state index in [9.17, 15) is 9.90 Å². The number of nitrogens with zero attached hydrogens (tertiary/aromatic N) is 1. The lowest BCUT2D eigenvalue weighted by molar-refractivity contribution is -0.0755. The molecule has 4 nitrogen and oxygen atoms in total. The van der Waals surface area contributed by atoms with Gasteiger partial charge in [0.25, 0.3) is 0 Å². The van der Waals surface area contributed by atoms with Gasteiger partial charge in [-0.25, -0.2) is 4.79 Å². The van der Waals surface area contributed by atoms with Crippen LogP contribution in [-0.2, 0) is 0 Å². The molecular formula is C12H14Cl2N2O2. The molecule has 1 aliphatic rings. The fraction of sp³-hybridized carbons (Fsp3) is 0.417. The van der Waals surface area contributed by atoms with E-state index in [4.69, 9.17) is 23.2 Å². The van der Waals surface area contributed by atoms with Crippen LogP contribution >= 0.6 is 23.2 Å². The van der Waals surface area contributed by atoms with Crippen LogP contribution in [0.5, 0.6) is 0 Å². The minimum atomic E-state index is -0.741. The third-order valence-electron chi connectivity index (χ3n) is 3.09. The number of aliphatic hydroxyl groups is 1. The Kier molecular flexibility index (Phi) is 3.71. The lowest BCUT2D eigenvalue weighted by Crippen LogP contribution is -2.63. The number of carbonyl (C=O) groups is 1. The van der Waals surface area contributed by atoms with Crippen LogP contribution in [0.4, 0.5) is 10.5 Å². The minimum absolute atomic E-state index is 0.280. The van der Waals surface area contributed by atoms with E-state index in [1.165, 1.54) is 4.90 Å². The van der Waals surface area contributed by atoms with E-state index in [-0.39, 0.29) is 6.03 Å². The molecule has 2 N–H and O–H groups in total. The summed E-state index contributed by atoms with van der Waals surface area (Å²) in [5, 5.41) is 13.4. The summed E-state index contributed by atoms with van der Waals surface area (Å²) in [4.78, 5) is 13.4. The lowest BCUT2D eigenvalue weighted by atomic mass is 9.92. The summed E-state index contributed by atoms with van der Waals surface area (Å²) in [6.45, 7) is 2.57. The molecule has 0 radical (unpaired) electrons. The van der Waals surface area contributed by atoms with Crippen molar-refractivity contribution >= 4 is 34.9 Å². The number of nitrogens with one attached hydrogen (secondary N) is 1. The SMILES string of the molecule is CCC1(O)CN(C(=O)Nc2cc(Cl)ccc2Cl)C1. The first kappa shape index (κ1) is 13.5. The second-order valence-corrected chi connectivity index (χ2v) is 5.33. The molecule has 0 aliphatic carbocycles. The van der Waals surface area contributed by atoms with Gasteiger partial charge in [0.1, 0.15) is 0 Å². The maximum absolute atomic E-state index is 11.9. The van der Waals surface area contributed by atoms with Crippen molar-refractivity contribution in [3.05, 3.63) is 28.2 Å². The largest absolute Gasteiger partial charge is 0.386 e. The van der Waals surface area contributed by atoms with Crippen LogP contribution in [0.2, 0.25) is 10.0 Å². The van der Waals surface area contributed by atoms with Gasteiger partial charge in [-0.1, -0.05) is 30.1 Å². The van der Waals surface area contributed by atoms with Crippen molar-refractivity contribution in [3.8, 4) is 0 Å². The third kappa shape index (κ3) is 2.71. The van der Waals surface area contributed by atoms with Gasteiger partial charge in [-0.05, 0) is 24.6 Å². The van der Waals surface area contributed by atoms with Crippen LogP contribution < -0.4 is 5.32 Å². The molecule has 0 unspecified atom stereocenters. The highest BCUT2D eigenvalue weighted by atomic mass is 35.5. The molecule has 0 saturated carbocycles. The summed E-state index contributed by atoms with van der Waals surface area (Å²) in [7, 11) is 0. The van der Waals surface area contributed by atoms with Crippen LogP contribution in [-0.4, -0.2) is 34.7 Å². The molecule has 2 amide bonds. The van der Waals surface area contributed by atoms with Crippen molar-refractivity contribution < 1.29 is 9.90 Å². The number of amides is 2. The topological polar surface area (TPSA) is 52.6 Å². The molecule has 0 bridgehead atoms. The predicted molar refractivity (Wildman–Crippen MR) is 72.3 cm³/mol. The molecule has 98 valence electrons. The molecular weight excluding hydrogens is 275 g/mol. The number of anilines is 1. The Labute approximate surface area is 115 Å². The summed E-state index contributed by atoms with van der Waals surface area (Å²) >= 11 is 11.8. The Morgan fingerprint density at radius 1 is 1.50 bits per heavy atom. The monoisotopic (exact) mass is 288 g/mol. The number of halogens is 2. The zero-order valence-corrected chi connectivity index (χ0v) is 11.4. The van der Waals surface area contributed by atoms with E-state index in [2.05, 4.69) is 5.32 Å². The summed E-state index contributed by atoms with van der Waals surface area (Å²) in [6.07, 6.45) is 0.634. The standard InChI is InChI=1S/C12H14Cl2N2O2/c1-2-12(18)6-16(7-12)11(17)15-10-5-8(13)3-4-9(10)14/h3-5,18H,2,6-7H2,1H3,(H,15,17). The fourth-order valence-corrected chi connectivity index (χ4v) is 2.16. The first-order chi connectivity index (χ1) is 8.43. The smallest absolute Gasteiger partial charge is 0.322 e. The Bertz CT molecular complexity index is 473. The number of urea groups is 1. The molecule has 2 rings (SSSR count). The van der Waals surface area contributed by atoms with Crippen LogP contribution in [0, 0.1) is 0 Å². The molecule has 0 spiro atoms. The Morgan fingerprint density at radius 2 is 2.17 bits per heavy atom. The number of hydrogen-bond acceptors (Lipinski definition) is 2. The molecule has 1 heterocycles. The number of benzene rings is 1. The number of carbonyl (C=O) groups excluding carboxylic acids is 1. The van der Waals surface area contributed by atoms with Crippen LogP contribution in [0.3, 0.4) is 0 Å². The molecule has 1 aromatic carbocycles. The Hall–Kier alpha value is -0.970. The normalized spacial score (nSPS) is 17.2. The highest BCUT2D eigenvalue weighted by Gasteiger charge is 2.42. The van der Waals surface area contributed by atoms with Crippen LogP contribution in [0.25, 0.3) is 0 Å². The van der Waals surface area contributed by atoms with Gasteiger partial charge >= 0.3 is 6.03 Å². The second kappa shape index (κ2) is 4.96. The van der Waals surface area contributed by atoms with Gasteiger partial charge in [0.15, 0.2) is 0 Å². The maximum Gasteiger partial charge on any atom is 0.322 e. The average Bonchev–Trinajstić information content (AvgIpc) is 2.29. The maximum atomic E-state index is 11.9.